The van der Waals surface area contributed by atoms with Gasteiger partial charge in [-0.25, -0.2) is 4.98 Å². The first-order valence-corrected chi connectivity index (χ1v) is 6.67. The van der Waals surface area contributed by atoms with Crippen LogP contribution in [-0.2, 0) is 11.8 Å². The number of aromatic nitrogens is 2. The zero-order valence-corrected chi connectivity index (χ0v) is 11.9. The van der Waals surface area contributed by atoms with E-state index < -0.39 is 0 Å². The molecule has 1 aliphatic carbocycles. The Morgan fingerprint density at radius 3 is 2.79 bits per heavy atom. The van der Waals surface area contributed by atoms with Gasteiger partial charge in [-0.15, -0.1) is 0 Å². The van der Waals surface area contributed by atoms with Crippen molar-refractivity contribution in [3.8, 4) is 0 Å². The van der Waals surface area contributed by atoms with Crippen LogP contribution in [0, 0.1) is 0 Å². The zero-order chi connectivity index (χ0) is 13.8. The van der Waals surface area contributed by atoms with Crippen LogP contribution >= 0.6 is 0 Å². The molecule has 1 fully saturated rings. The van der Waals surface area contributed by atoms with Crippen LogP contribution in [0.2, 0.25) is 0 Å². The quantitative estimate of drug-likeness (QED) is 0.718. The fourth-order valence-electron chi connectivity index (χ4n) is 1.93. The number of nitrogens with zero attached hydrogens (tertiary/aromatic N) is 4. The van der Waals surface area contributed by atoms with Gasteiger partial charge in [-0.3, -0.25) is 4.79 Å². The Hall–Kier alpha value is -1.62. The molecule has 0 unspecified atom stereocenters. The highest BCUT2D eigenvalue weighted by Gasteiger charge is 2.25. The van der Waals surface area contributed by atoms with Crippen LogP contribution in [0.5, 0.6) is 0 Å². The number of likely N-dealkylation sites (N-methyl/N-ethyl adjacent to an activating group) is 2. The molecule has 5 heteroatoms. The SMILES string of the molecule is CN(CCN(C)C1CC1)C(=O)C=Cc1cncn1C. The van der Waals surface area contributed by atoms with Gasteiger partial charge in [0.1, 0.15) is 0 Å². The molecular weight excluding hydrogens is 240 g/mol. The number of hydrogen-bond donors (Lipinski definition) is 0. The van der Waals surface area contributed by atoms with Gasteiger partial charge in [0, 0.05) is 39.3 Å². The van der Waals surface area contributed by atoms with E-state index in [-0.39, 0.29) is 5.91 Å². The zero-order valence-electron chi connectivity index (χ0n) is 11.9. The van der Waals surface area contributed by atoms with Crippen molar-refractivity contribution >= 4 is 12.0 Å². The van der Waals surface area contributed by atoms with Crippen molar-refractivity contribution in [1.29, 1.82) is 0 Å². The first-order chi connectivity index (χ1) is 9.08. The molecule has 0 N–H and O–H groups in total. The van der Waals surface area contributed by atoms with Gasteiger partial charge in [-0.05, 0) is 26.0 Å². The number of hydrogen-bond acceptors (Lipinski definition) is 3. The first kappa shape index (κ1) is 13.8. The van der Waals surface area contributed by atoms with Crippen molar-refractivity contribution in [2.75, 3.05) is 27.2 Å². The molecule has 1 aromatic rings. The van der Waals surface area contributed by atoms with Gasteiger partial charge < -0.3 is 14.4 Å². The average Bonchev–Trinajstić information content (AvgIpc) is 3.17. The molecule has 104 valence electrons. The second-order valence-electron chi connectivity index (χ2n) is 5.23. The maximum atomic E-state index is 11.9. The summed E-state index contributed by atoms with van der Waals surface area (Å²) in [6, 6.07) is 0.744. The van der Waals surface area contributed by atoms with Gasteiger partial charge in [0.25, 0.3) is 0 Å². The summed E-state index contributed by atoms with van der Waals surface area (Å²) < 4.78 is 1.88. The van der Waals surface area contributed by atoms with E-state index in [1.165, 1.54) is 12.8 Å². The van der Waals surface area contributed by atoms with E-state index in [9.17, 15) is 4.79 Å². The smallest absolute Gasteiger partial charge is 0.246 e. The van der Waals surface area contributed by atoms with Gasteiger partial charge in [-0.2, -0.15) is 0 Å². The molecule has 1 saturated carbocycles. The monoisotopic (exact) mass is 262 g/mol. The summed E-state index contributed by atoms with van der Waals surface area (Å²) in [7, 11) is 5.88. The highest BCUT2D eigenvalue weighted by molar-refractivity contribution is 5.91. The Labute approximate surface area is 114 Å². The standard InChI is InChI=1S/C14H22N4O/c1-16(12-4-5-12)8-9-17(2)14(19)7-6-13-10-15-11-18(13)3/h6-7,10-12H,4-5,8-9H2,1-3H3. The summed E-state index contributed by atoms with van der Waals surface area (Å²) in [5.74, 6) is 0.0328. The molecule has 0 spiro atoms. The molecule has 0 aromatic carbocycles. The van der Waals surface area contributed by atoms with Crippen LogP contribution in [0.4, 0.5) is 0 Å². The van der Waals surface area contributed by atoms with Gasteiger partial charge in [0.15, 0.2) is 0 Å². The summed E-state index contributed by atoms with van der Waals surface area (Å²) in [6.07, 6.45) is 9.47. The molecule has 19 heavy (non-hydrogen) atoms. The second-order valence-corrected chi connectivity index (χ2v) is 5.23. The summed E-state index contributed by atoms with van der Waals surface area (Å²) in [6.45, 7) is 1.70. The van der Waals surface area contributed by atoms with Crippen molar-refractivity contribution in [2.24, 2.45) is 7.05 Å². The number of carbonyl (C=O) groups is 1. The molecule has 1 aliphatic rings. The normalized spacial score (nSPS) is 15.4. The van der Waals surface area contributed by atoms with E-state index in [1.807, 2.05) is 18.7 Å². The summed E-state index contributed by atoms with van der Waals surface area (Å²) in [4.78, 5) is 20.0. The van der Waals surface area contributed by atoms with E-state index >= 15 is 0 Å². The minimum absolute atomic E-state index is 0.0328. The molecule has 0 aliphatic heterocycles. The van der Waals surface area contributed by atoms with Crippen LogP contribution in [0.15, 0.2) is 18.6 Å². The van der Waals surface area contributed by atoms with Crippen LogP contribution in [-0.4, -0.2) is 58.5 Å². The molecular formula is C14H22N4O. The van der Waals surface area contributed by atoms with Gasteiger partial charge in [-0.1, -0.05) is 0 Å². The van der Waals surface area contributed by atoms with E-state index in [1.54, 1.807) is 29.6 Å². The molecule has 0 atom stereocenters. The Bertz CT molecular complexity index is 462. The summed E-state index contributed by atoms with van der Waals surface area (Å²) in [5.41, 5.74) is 0.928. The van der Waals surface area contributed by atoms with Crippen LogP contribution < -0.4 is 0 Å². The Balaban J connectivity index is 1.78. The highest BCUT2D eigenvalue weighted by Crippen LogP contribution is 2.24. The predicted octanol–water partition coefficient (Wildman–Crippen LogP) is 0.986. The molecule has 1 heterocycles. The van der Waals surface area contributed by atoms with Gasteiger partial charge in [0.2, 0.25) is 5.91 Å². The van der Waals surface area contributed by atoms with Crippen molar-refractivity contribution < 1.29 is 4.79 Å². The minimum Gasteiger partial charge on any atom is -0.341 e. The van der Waals surface area contributed by atoms with Crippen LogP contribution in [0.3, 0.4) is 0 Å². The topological polar surface area (TPSA) is 41.4 Å². The predicted molar refractivity (Wildman–Crippen MR) is 75.5 cm³/mol. The lowest BCUT2D eigenvalue weighted by molar-refractivity contribution is -0.124. The van der Waals surface area contributed by atoms with E-state index in [4.69, 9.17) is 0 Å². The molecule has 0 saturated heterocycles. The Morgan fingerprint density at radius 2 is 2.21 bits per heavy atom. The maximum Gasteiger partial charge on any atom is 0.246 e. The largest absolute Gasteiger partial charge is 0.341 e. The van der Waals surface area contributed by atoms with E-state index in [0.29, 0.717) is 0 Å². The summed E-state index contributed by atoms with van der Waals surface area (Å²) in [5, 5.41) is 0. The first-order valence-electron chi connectivity index (χ1n) is 6.67. The third-order valence-corrected chi connectivity index (χ3v) is 3.59. The Kier molecular flexibility index (Phi) is 4.37. The van der Waals surface area contributed by atoms with Gasteiger partial charge >= 0.3 is 0 Å². The molecule has 5 nitrogen and oxygen atoms in total. The fraction of sp³-hybridized carbons (Fsp3) is 0.571. The summed E-state index contributed by atoms with van der Waals surface area (Å²) >= 11 is 0. The minimum atomic E-state index is 0.0328. The lowest BCUT2D eigenvalue weighted by Crippen LogP contribution is -2.34. The van der Waals surface area contributed by atoms with Crippen molar-refractivity contribution in [1.82, 2.24) is 19.4 Å². The maximum absolute atomic E-state index is 11.9. The molecule has 2 rings (SSSR count). The third kappa shape index (κ3) is 3.92. The number of carbonyl (C=O) groups excluding carboxylic acids is 1. The molecule has 1 aromatic heterocycles. The van der Waals surface area contributed by atoms with Crippen molar-refractivity contribution in [3.63, 3.8) is 0 Å². The number of amides is 1. The highest BCUT2D eigenvalue weighted by atomic mass is 16.2. The molecule has 0 radical (unpaired) electrons. The Morgan fingerprint density at radius 1 is 1.47 bits per heavy atom. The van der Waals surface area contributed by atoms with E-state index in [2.05, 4.69) is 16.9 Å². The lowest BCUT2D eigenvalue weighted by Gasteiger charge is -2.20. The van der Waals surface area contributed by atoms with Crippen molar-refractivity contribution in [3.05, 3.63) is 24.3 Å². The lowest BCUT2D eigenvalue weighted by atomic mass is 10.3. The number of aryl methyl sites for hydroxylation is 1. The molecule has 1 amide bonds. The van der Waals surface area contributed by atoms with Gasteiger partial charge in [0.05, 0.1) is 18.2 Å². The number of rotatable bonds is 6. The fourth-order valence-corrected chi connectivity index (χ4v) is 1.93. The third-order valence-electron chi connectivity index (χ3n) is 3.59. The van der Waals surface area contributed by atoms with Crippen LogP contribution in [0.1, 0.15) is 18.5 Å². The van der Waals surface area contributed by atoms with Crippen LogP contribution in [0.25, 0.3) is 6.08 Å². The average molecular weight is 262 g/mol. The van der Waals surface area contributed by atoms with E-state index in [0.717, 1.165) is 24.8 Å². The van der Waals surface area contributed by atoms with Crippen molar-refractivity contribution in [2.45, 2.75) is 18.9 Å². The number of imidazole rings is 1. The second kappa shape index (κ2) is 6.02. The molecule has 0 bridgehead atoms.